The predicted octanol–water partition coefficient (Wildman–Crippen LogP) is 2.87. The summed E-state index contributed by atoms with van der Waals surface area (Å²) in [6.07, 6.45) is -0.321. The fraction of sp³-hybridized carbons (Fsp3) is 0.619. The van der Waals surface area contributed by atoms with E-state index in [4.69, 9.17) is 14.2 Å². The Balaban J connectivity index is 2.51. The van der Waals surface area contributed by atoms with Gasteiger partial charge < -0.3 is 29.7 Å². The smallest absolute Gasteiger partial charge is 0.410 e. The topological polar surface area (TPSA) is 84.4 Å². The molecule has 0 radical (unpaired) electrons. The Kier molecular flexibility index (Phi) is 9.58. The van der Waals surface area contributed by atoms with Crippen molar-refractivity contribution in [1.82, 2.24) is 15.5 Å². The number of hydrogen-bond acceptors (Lipinski definition) is 5. The fourth-order valence-corrected chi connectivity index (χ4v) is 2.61. The molecule has 1 amide bonds. The van der Waals surface area contributed by atoms with Crippen LogP contribution < -0.4 is 20.1 Å². The van der Waals surface area contributed by atoms with Crippen molar-refractivity contribution in [2.75, 3.05) is 41.4 Å². The third-order valence-corrected chi connectivity index (χ3v) is 4.07. The molecular weight excluding hydrogens is 372 g/mol. The minimum absolute atomic E-state index is 0.210. The Bertz CT molecular complexity index is 686. The lowest BCUT2D eigenvalue weighted by molar-refractivity contribution is 0.0278. The van der Waals surface area contributed by atoms with Crippen LogP contribution in [0.3, 0.4) is 0 Å². The number of nitrogens with zero attached hydrogens (tertiary/aromatic N) is 2. The van der Waals surface area contributed by atoms with Crippen LogP contribution in [0.15, 0.2) is 23.2 Å². The summed E-state index contributed by atoms with van der Waals surface area (Å²) in [5.41, 5.74) is 0.496. The number of carbonyl (C=O) groups excluding carboxylic acids is 1. The average Bonchev–Trinajstić information content (AvgIpc) is 2.66. The Morgan fingerprint density at radius 2 is 1.90 bits per heavy atom. The molecule has 0 bridgehead atoms. The van der Waals surface area contributed by atoms with Gasteiger partial charge in [0.15, 0.2) is 5.96 Å². The monoisotopic (exact) mass is 408 g/mol. The maximum absolute atomic E-state index is 12.1. The van der Waals surface area contributed by atoms with Crippen molar-refractivity contribution in [3.63, 3.8) is 0 Å². The van der Waals surface area contributed by atoms with E-state index in [9.17, 15) is 4.79 Å². The second-order valence-electron chi connectivity index (χ2n) is 7.95. The van der Waals surface area contributed by atoms with Crippen molar-refractivity contribution < 1.29 is 19.0 Å². The van der Waals surface area contributed by atoms with Crippen LogP contribution in [0.4, 0.5) is 4.79 Å². The summed E-state index contributed by atoms with van der Waals surface area (Å²) in [6.45, 7) is 9.43. The second kappa shape index (κ2) is 11.4. The molecule has 8 nitrogen and oxygen atoms in total. The SMILES string of the molecule is CN=C(NCc1ccc(OC)cc1OC)NCC(C)CN(C)C(=O)OC(C)(C)C. The van der Waals surface area contributed by atoms with Crippen LogP contribution in [0.25, 0.3) is 0 Å². The van der Waals surface area contributed by atoms with Gasteiger partial charge in [-0.1, -0.05) is 6.92 Å². The number of benzene rings is 1. The highest BCUT2D eigenvalue weighted by Crippen LogP contribution is 2.24. The molecule has 0 aliphatic rings. The number of hydrogen-bond donors (Lipinski definition) is 2. The van der Waals surface area contributed by atoms with Gasteiger partial charge in [0.05, 0.1) is 14.2 Å². The van der Waals surface area contributed by atoms with Crippen LogP contribution in [0.5, 0.6) is 11.5 Å². The van der Waals surface area contributed by atoms with Gasteiger partial charge in [-0.2, -0.15) is 0 Å². The van der Waals surface area contributed by atoms with Crippen molar-refractivity contribution in [2.24, 2.45) is 10.9 Å². The van der Waals surface area contributed by atoms with Crippen LogP contribution in [-0.4, -0.2) is 64.0 Å². The molecule has 0 aromatic heterocycles. The highest BCUT2D eigenvalue weighted by atomic mass is 16.6. The highest BCUT2D eigenvalue weighted by molar-refractivity contribution is 5.79. The standard InChI is InChI=1S/C21H36N4O4/c1-15(14-25(6)20(26)29-21(2,3)4)12-23-19(22-5)24-13-16-9-10-17(27-7)11-18(16)28-8/h9-11,15H,12-14H2,1-8H3,(H2,22,23,24). The van der Waals surface area contributed by atoms with E-state index in [1.54, 1.807) is 33.2 Å². The van der Waals surface area contributed by atoms with Crippen molar-refractivity contribution in [3.8, 4) is 11.5 Å². The molecule has 8 heteroatoms. The summed E-state index contributed by atoms with van der Waals surface area (Å²) in [5, 5.41) is 6.56. The molecule has 1 unspecified atom stereocenters. The molecule has 0 aliphatic heterocycles. The first-order valence-electron chi connectivity index (χ1n) is 9.69. The van der Waals surface area contributed by atoms with Gasteiger partial charge in [0.25, 0.3) is 0 Å². The number of ether oxygens (including phenoxy) is 3. The van der Waals surface area contributed by atoms with Crippen LogP contribution in [-0.2, 0) is 11.3 Å². The van der Waals surface area contributed by atoms with E-state index in [1.165, 1.54) is 0 Å². The lowest BCUT2D eigenvalue weighted by Gasteiger charge is -2.26. The maximum Gasteiger partial charge on any atom is 0.410 e. The zero-order valence-electron chi connectivity index (χ0n) is 19.0. The molecule has 1 rings (SSSR count). The number of guanidine groups is 1. The summed E-state index contributed by atoms with van der Waals surface area (Å²) in [6, 6.07) is 5.70. The first-order valence-corrected chi connectivity index (χ1v) is 9.69. The molecule has 29 heavy (non-hydrogen) atoms. The summed E-state index contributed by atoms with van der Waals surface area (Å²) in [5.74, 6) is 2.38. The number of methoxy groups -OCH3 is 2. The lowest BCUT2D eigenvalue weighted by Crippen LogP contribution is -2.42. The molecule has 2 N–H and O–H groups in total. The zero-order chi connectivity index (χ0) is 22.0. The molecule has 0 aliphatic carbocycles. The quantitative estimate of drug-likeness (QED) is 0.508. The summed E-state index contributed by atoms with van der Waals surface area (Å²) >= 11 is 0. The fourth-order valence-electron chi connectivity index (χ4n) is 2.61. The molecule has 1 aromatic rings. The van der Waals surface area contributed by atoms with Crippen LogP contribution in [0, 0.1) is 5.92 Å². The van der Waals surface area contributed by atoms with Gasteiger partial charge in [0, 0.05) is 45.4 Å². The first-order chi connectivity index (χ1) is 13.6. The Hall–Kier alpha value is -2.64. The van der Waals surface area contributed by atoms with Crippen LogP contribution in [0.2, 0.25) is 0 Å². The molecule has 1 aromatic carbocycles. The van der Waals surface area contributed by atoms with Crippen molar-refractivity contribution in [3.05, 3.63) is 23.8 Å². The average molecular weight is 409 g/mol. The third-order valence-electron chi connectivity index (χ3n) is 4.07. The highest BCUT2D eigenvalue weighted by Gasteiger charge is 2.20. The van der Waals surface area contributed by atoms with E-state index >= 15 is 0 Å². The molecule has 1 atom stereocenters. The van der Waals surface area contributed by atoms with E-state index in [1.807, 2.05) is 39.0 Å². The van der Waals surface area contributed by atoms with Gasteiger partial charge in [-0.05, 0) is 38.8 Å². The number of aliphatic imine (C=N–C) groups is 1. The minimum Gasteiger partial charge on any atom is -0.497 e. The number of amides is 1. The number of nitrogens with one attached hydrogen (secondary N) is 2. The van der Waals surface area contributed by atoms with E-state index in [0.29, 0.717) is 25.6 Å². The van der Waals surface area contributed by atoms with Gasteiger partial charge in [0.2, 0.25) is 0 Å². The number of rotatable bonds is 8. The first kappa shape index (κ1) is 24.4. The predicted molar refractivity (Wildman–Crippen MR) is 116 cm³/mol. The van der Waals surface area contributed by atoms with E-state index in [-0.39, 0.29) is 12.0 Å². The largest absolute Gasteiger partial charge is 0.497 e. The van der Waals surface area contributed by atoms with Crippen molar-refractivity contribution in [1.29, 1.82) is 0 Å². The normalized spacial score (nSPS) is 12.8. The molecule has 0 saturated carbocycles. The lowest BCUT2D eigenvalue weighted by atomic mass is 10.1. The summed E-state index contributed by atoms with van der Waals surface area (Å²) in [7, 11) is 6.72. The van der Waals surface area contributed by atoms with Gasteiger partial charge in [0.1, 0.15) is 17.1 Å². The summed E-state index contributed by atoms with van der Waals surface area (Å²) < 4.78 is 16.0. The van der Waals surface area contributed by atoms with Crippen molar-refractivity contribution >= 4 is 12.1 Å². The van der Waals surface area contributed by atoms with Gasteiger partial charge in [-0.3, -0.25) is 4.99 Å². The van der Waals surface area contributed by atoms with Crippen LogP contribution in [0.1, 0.15) is 33.3 Å². The number of carbonyl (C=O) groups is 1. The van der Waals surface area contributed by atoms with Gasteiger partial charge >= 0.3 is 6.09 Å². The Labute approximate surface area is 174 Å². The molecule has 0 saturated heterocycles. The molecule has 0 spiro atoms. The van der Waals surface area contributed by atoms with E-state index in [0.717, 1.165) is 17.1 Å². The van der Waals surface area contributed by atoms with Crippen LogP contribution >= 0.6 is 0 Å². The molecule has 0 heterocycles. The second-order valence-corrected chi connectivity index (χ2v) is 7.95. The molecule has 164 valence electrons. The maximum atomic E-state index is 12.1. The van der Waals surface area contributed by atoms with E-state index < -0.39 is 5.60 Å². The minimum atomic E-state index is -0.499. The van der Waals surface area contributed by atoms with Gasteiger partial charge in [-0.15, -0.1) is 0 Å². The molecular formula is C21H36N4O4. The summed E-state index contributed by atoms with van der Waals surface area (Å²) in [4.78, 5) is 17.9. The molecule has 0 fully saturated rings. The third kappa shape index (κ3) is 8.93. The zero-order valence-corrected chi connectivity index (χ0v) is 19.0. The van der Waals surface area contributed by atoms with Gasteiger partial charge in [-0.25, -0.2) is 4.79 Å². The Morgan fingerprint density at radius 3 is 2.45 bits per heavy atom. The Morgan fingerprint density at radius 1 is 1.21 bits per heavy atom. The van der Waals surface area contributed by atoms with E-state index in [2.05, 4.69) is 22.5 Å². The van der Waals surface area contributed by atoms with Crippen molar-refractivity contribution in [2.45, 2.75) is 39.8 Å².